The third-order valence-corrected chi connectivity index (χ3v) is 6.35. The zero-order valence-electron chi connectivity index (χ0n) is 7.22. The first-order chi connectivity index (χ1) is 5.86. The molecule has 0 aliphatic heterocycles. The molecule has 12 heavy (non-hydrogen) atoms. The maximum absolute atomic E-state index is 5.83. The summed E-state index contributed by atoms with van der Waals surface area (Å²) < 4.78 is 6.18. The van der Waals surface area contributed by atoms with Crippen molar-refractivity contribution in [3.63, 3.8) is 0 Å². The van der Waals surface area contributed by atoms with E-state index in [0.717, 1.165) is 3.93 Å². The Bertz CT molecular complexity index is 197. The minimum atomic E-state index is -0.998. The average Bonchev–Trinajstić information content (AvgIpc) is 2.09. The van der Waals surface area contributed by atoms with E-state index in [9.17, 15) is 0 Å². The van der Waals surface area contributed by atoms with Crippen LogP contribution < -0.4 is 0 Å². The van der Waals surface area contributed by atoms with Crippen molar-refractivity contribution >= 4 is 8.25 Å². The van der Waals surface area contributed by atoms with Gasteiger partial charge in [-0.3, -0.25) is 0 Å². The summed E-state index contributed by atoms with van der Waals surface area (Å²) in [5.74, 6) is 0. The molecule has 0 unspecified atom stereocenters. The summed E-state index contributed by atoms with van der Waals surface area (Å²) in [6, 6.07) is 8.52. The molecule has 0 spiro atoms. The van der Waals surface area contributed by atoms with Crippen molar-refractivity contribution in [1.29, 1.82) is 0 Å². The molecule has 0 radical (unpaired) electrons. The van der Waals surface area contributed by atoms with Crippen LogP contribution in [0, 0.1) is 0 Å². The number of ether oxygens (including phenoxy) is 1. The van der Waals surface area contributed by atoms with E-state index in [2.05, 4.69) is 24.3 Å². The first-order valence-corrected chi connectivity index (χ1v) is 14.6. The topological polar surface area (TPSA) is 9.23 Å². The second kappa shape index (κ2) is 5.95. The maximum atomic E-state index is 5.83. The van der Waals surface area contributed by atoms with Gasteiger partial charge < -0.3 is 0 Å². The molecule has 0 fully saturated rings. The molecule has 0 bridgehead atoms. The molecular formula is C9H11ClHgO. The predicted octanol–water partition coefficient (Wildman–Crippen LogP) is 2.57. The summed E-state index contributed by atoms with van der Waals surface area (Å²) in [6.07, 6.45) is 0. The van der Waals surface area contributed by atoms with Crippen molar-refractivity contribution in [3.05, 3.63) is 35.4 Å². The van der Waals surface area contributed by atoms with Crippen molar-refractivity contribution in [2.24, 2.45) is 0 Å². The summed E-state index contributed by atoms with van der Waals surface area (Å²) in [6.45, 7) is 0.700. The van der Waals surface area contributed by atoms with Crippen molar-refractivity contribution < 1.29 is 28.1 Å². The SMILES string of the molecule is COCc1ccc([CH2][Hg][Cl])cc1. The molecule has 0 aliphatic rings. The fourth-order valence-corrected chi connectivity index (χ4v) is 5.14. The second-order valence-corrected chi connectivity index (χ2v) is 9.42. The van der Waals surface area contributed by atoms with Gasteiger partial charge in [-0.2, -0.15) is 0 Å². The third-order valence-electron chi connectivity index (χ3n) is 1.72. The molecule has 0 heterocycles. The van der Waals surface area contributed by atoms with Gasteiger partial charge in [0.2, 0.25) is 0 Å². The van der Waals surface area contributed by atoms with Gasteiger partial charge in [-0.05, 0) is 0 Å². The average molecular weight is 371 g/mol. The van der Waals surface area contributed by atoms with Crippen LogP contribution in [-0.2, 0) is 38.6 Å². The Balaban J connectivity index is 2.58. The van der Waals surface area contributed by atoms with Gasteiger partial charge in [0.1, 0.15) is 0 Å². The first-order valence-electron chi connectivity index (χ1n) is 3.99. The van der Waals surface area contributed by atoms with E-state index in [1.807, 2.05) is 0 Å². The van der Waals surface area contributed by atoms with Crippen LogP contribution in [0.3, 0.4) is 0 Å². The Morgan fingerprint density at radius 2 is 1.83 bits per heavy atom. The van der Waals surface area contributed by atoms with E-state index in [-0.39, 0.29) is 0 Å². The molecule has 1 rings (SSSR count). The van der Waals surface area contributed by atoms with Crippen LogP contribution >= 0.6 is 8.25 Å². The number of methoxy groups -OCH3 is 1. The van der Waals surface area contributed by atoms with Gasteiger partial charge in [-0.1, -0.05) is 0 Å². The Kier molecular flexibility index (Phi) is 5.20. The van der Waals surface area contributed by atoms with Crippen molar-refractivity contribution in [2.75, 3.05) is 7.11 Å². The number of halogens is 1. The van der Waals surface area contributed by atoms with Crippen LogP contribution in [0.25, 0.3) is 0 Å². The summed E-state index contributed by atoms with van der Waals surface area (Å²) in [5.41, 5.74) is 2.61. The van der Waals surface area contributed by atoms with E-state index in [1.165, 1.54) is 11.1 Å². The van der Waals surface area contributed by atoms with E-state index in [4.69, 9.17) is 13.0 Å². The molecule has 0 amide bonds. The van der Waals surface area contributed by atoms with Gasteiger partial charge >= 0.3 is 89.4 Å². The monoisotopic (exact) mass is 372 g/mol. The molecule has 0 aliphatic carbocycles. The van der Waals surface area contributed by atoms with Gasteiger partial charge in [0.05, 0.1) is 0 Å². The molecule has 0 atom stereocenters. The number of hydrogen-bond acceptors (Lipinski definition) is 1. The normalized spacial score (nSPS) is 9.50. The Morgan fingerprint density at radius 3 is 2.33 bits per heavy atom. The fourth-order valence-electron chi connectivity index (χ4n) is 1.08. The predicted molar refractivity (Wildman–Crippen MR) is 46.7 cm³/mol. The van der Waals surface area contributed by atoms with Gasteiger partial charge in [-0.25, -0.2) is 0 Å². The van der Waals surface area contributed by atoms with Crippen LogP contribution in [-0.4, -0.2) is 7.11 Å². The Labute approximate surface area is 88.9 Å². The summed E-state index contributed by atoms with van der Waals surface area (Å²) in [5, 5.41) is 0. The minimum absolute atomic E-state index is 0.700. The summed E-state index contributed by atoms with van der Waals surface area (Å²) in [7, 11) is 7.55. The van der Waals surface area contributed by atoms with Crippen molar-refractivity contribution in [3.8, 4) is 0 Å². The van der Waals surface area contributed by atoms with E-state index >= 15 is 0 Å². The van der Waals surface area contributed by atoms with Crippen LogP contribution in [0.1, 0.15) is 11.1 Å². The molecule has 3 heteroatoms. The Hall–Kier alpha value is 0.405. The van der Waals surface area contributed by atoms with Gasteiger partial charge in [0, 0.05) is 0 Å². The Morgan fingerprint density at radius 1 is 1.25 bits per heavy atom. The van der Waals surface area contributed by atoms with Crippen molar-refractivity contribution in [2.45, 2.75) is 10.5 Å². The van der Waals surface area contributed by atoms with E-state index in [0.29, 0.717) is 6.61 Å². The molecule has 0 saturated carbocycles. The zero-order valence-corrected chi connectivity index (χ0v) is 13.5. The zero-order chi connectivity index (χ0) is 8.81. The van der Waals surface area contributed by atoms with E-state index < -0.39 is 23.3 Å². The quantitative estimate of drug-likeness (QED) is 0.740. The van der Waals surface area contributed by atoms with E-state index in [1.54, 1.807) is 7.11 Å². The van der Waals surface area contributed by atoms with Crippen LogP contribution in [0.2, 0.25) is 0 Å². The summed E-state index contributed by atoms with van der Waals surface area (Å²) >= 11 is -0.998. The van der Waals surface area contributed by atoms with Crippen LogP contribution in [0.5, 0.6) is 0 Å². The number of rotatable bonds is 4. The standard InChI is InChI=1S/C9H11O.ClH.Hg/c1-8-3-5-9(6-4-8)7-10-2;;/h3-6H,1,7H2,2H3;1H;/q;;+1/p-1. The second-order valence-electron chi connectivity index (χ2n) is 2.69. The number of hydrogen-bond donors (Lipinski definition) is 0. The molecule has 1 aromatic carbocycles. The number of benzene rings is 1. The van der Waals surface area contributed by atoms with Gasteiger partial charge in [0.25, 0.3) is 0 Å². The van der Waals surface area contributed by atoms with Crippen molar-refractivity contribution in [1.82, 2.24) is 0 Å². The van der Waals surface area contributed by atoms with Crippen LogP contribution in [0.15, 0.2) is 24.3 Å². The molecule has 0 saturated heterocycles. The molecule has 1 aromatic rings. The molecule has 1 nitrogen and oxygen atoms in total. The van der Waals surface area contributed by atoms with Crippen LogP contribution in [0.4, 0.5) is 0 Å². The first kappa shape index (κ1) is 10.5. The summed E-state index contributed by atoms with van der Waals surface area (Å²) in [4.78, 5) is 0. The fraction of sp³-hybridized carbons (Fsp3) is 0.333. The van der Waals surface area contributed by atoms with Gasteiger partial charge in [-0.15, -0.1) is 0 Å². The molecule has 62 valence electrons. The molecule has 0 N–H and O–H groups in total. The molecule has 0 aromatic heterocycles. The third kappa shape index (κ3) is 3.42. The van der Waals surface area contributed by atoms with Gasteiger partial charge in [0.15, 0.2) is 0 Å². The molecular weight excluding hydrogens is 360 g/mol.